The summed E-state index contributed by atoms with van der Waals surface area (Å²) in [5, 5.41) is 1.92. The van der Waals surface area contributed by atoms with Gasteiger partial charge in [-0.3, -0.25) is 4.79 Å². The maximum Gasteiger partial charge on any atom is 0.241 e. The van der Waals surface area contributed by atoms with Crippen LogP contribution in [0.5, 0.6) is 0 Å². The minimum absolute atomic E-state index is 0.0851. The molecule has 1 atom stereocenters. The Bertz CT molecular complexity index is 1020. The first-order chi connectivity index (χ1) is 12.9. The van der Waals surface area contributed by atoms with E-state index in [9.17, 15) is 13.2 Å². The fourth-order valence-electron chi connectivity index (χ4n) is 2.80. The van der Waals surface area contributed by atoms with Gasteiger partial charge in [0.1, 0.15) is 0 Å². The molecule has 0 saturated carbocycles. The van der Waals surface area contributed by atoms with Gasteiger partial charge in [-0.15, -0.1) is 11.3 Å². The number of rotatable bonds is 7. The van der Waals surface area contributed by atoms with Crippen LogP contribution in [-0.4, -0.2) is 14.2 Å². The standard InChI is InChI=1S/C21H21NO3S2/c1-3-16-9-11-17(12-10-16)21(20-8-5-13-26-20)22-27(24,25)19-7-4-6-18(14-19)15(2)23/h4-14,21-22H,3H2,1-2H3/t21-/m1/s1. The topological polar surface area (TPSA) is 63.2 Å². The van der Waals surface area contributed by atoms with Gasteiger partial charge in [-0.05, 0) is 48.1 Å². The fourth-order valence-corrected chi connectivity index (χ4v) is 4.92. The van der Waals surface area contributed by atoms with Crippen molar-refractivity contribution < 1.29 is 13.2 Å². The second-order valence-electron chi connectivity index (χ2n) is 6.25. The lowest BCUT2D eigenvalue weighted by Crippen LogP contribution is -2.29. The van der Waals surface area contributed by atoms with E-state index in [0.717, 1.165) is 16.9 Å². The molecule has 2 aromatic carbocycles. The summed E-state index contributed by atoms with van der Waals surface area (Å²) in [6, 6.07) is 17.4. The predicted molar refractivity (Wildman–Crippen MR) is 109 cm³/mol. The molecule has 1 N–H and O–H groups in total. The zero-order valence-electron chi connectivity index (χ0n) is 15.2. The molecule has 6 heteroatoms. The van der Waals surface area contributed by atoms with Crippen molar-refractivity contribution in [2.24, 2.45) is 0 Å². The van der Waals surface area contributed by atoms with Crippen LogP contribution in [0.2, 0.25) is 0 Å². The first kappa shape index (κ1) is 19.5. The quantitative estimate of drug-likeness (QED) is 0.592. The molecule has 3 aromatic rings. The molecule has 0 bridgehead atoms. The number of carbonyl (C=O) groups excluding carboxylic acids is 1. The van der Waals surface area contributed by atoms with Gasteiger partial charge in [0.15, 0.2) is 5.78 Å². The van der Waals surface area contributed by atoms with Crippen LogP contribution in [0.4, 0.5) is 0 Å². The molecule has 0 amide bonds. The van der Waals surface area contributed by atoms with Crippen molar-refractivity contribution in [2.75, 3.05) is 0 Å². The minimum Gasteiger partial charge on any atom is -0.295 e. The van der Waals surface area contributed by atoms with Gasteiger partial charge in [-0.1, -0.05) is 49.4 Å². The van der Waals surface area contributed by atoms with Crippen LogP contribution in [0, 0.1) is 0 Å². The molecule has 140 valence electrons. The van der Waals surface area contributed by atoms with Crippen molar-refractivity contribution in [3.63, 3.8) is 0 Å². The monoisotopic (exact) mass is 399 g/mol. The number of Topliss-reactive ketones (excluding diaryl/α,β-unsaturated/α-hetero) is 1. The van der Waals surface area contributed by atoms with Crippen LogP contribution in [0.1, 0.15) is 46.3 Å². The largest absolute Gasteiger partial charge is 0.295 e. The lowest BCUT2D eigenvalue weighted by atomic mass is 10.0. The van der Waals surface area contributed by atoms with Gasteiger partial charge in [0.25, 0.3) is 0 Å². The molecule has 0 fully saturated rings. The molecule has 4 nitrogen and oxygen atoms in total. The molecule has 3 rings (SSSR count). The molecule has 27 heavy (non-hydrogen) atoms. The third-order valence-electron chi connectivity index (χ3n) is 4.37. The van der Waals surface area contributed by atoms with Crippen molar-refractivity contribution in [1.29, 1.82) is 0 Å². The van der Waals surface area contributed by atoms with Gasteiger partial charge in [-0.25, -0.2) is 8.42 Å². The lowest BCUT2D eigenvalue weighted by Gasteiger charge is -2.19. The highest BCUT2D eigenvalue weighted by atomic mass is 32.2. The first-order valence-corrected chi connectivity index (χ1v) is 11.0. The smallest absolute Gasteiger partial charge is 0.241 e. The molecule has 0 radical (unpaired) electrons. The van der Waals surface area contributed by atoms with Crippen LogP contribution in [0.15, 0.2) is 70.9 Å². The number of ketones is 1. The lowest BCUT2D eigenvalue weighted by molar-refractivity contribution is 0.101. The SMILES string of the molecule is CCc1ccc([C@@H](NS(=O)(=O)c2cccc(C(C)=O)c2)c2cccs2)cc1. The van der Waals surface area contributed by atoms with E-state index in [1.807, 2.05) is 41.8 Å². The van der Waals surface area contributed by atoms with E-state index >= 15 is 0 Å². The number of hydrogen-bond donors (Lipinski definition) is 1. The van der Waals surface area contributed by atoms with E-state index in [0.29, 0.717) is 5.56 Å². The number of thiophene rings is 1. The summed E-state index contributed by atoms with van der Waals surface area (Å²) in [5.41, 5.74) is 2.44. The zero-order valence-corrected chi connectivity index (χ0v) is 16.8. The third-order valence-corrected chi connectivity index (χ3v) is 6.73. The highest BCUT2D eigenvalue weighted by molar-refractivity contribution is 7.89. The van der Waals surface area contributed by atoms with Crippen LogP contribution in [0.25, 0.3) is 0 Å². The minimum atomic E-state index is -3.80. The highest BCUT2D eigenvalue weighted by Gasteiger charge is 2.24. The van der Waals surface area contributed by atoms with Crippen molar-refractivity contribution in [2.45, 2.75) is 31.2 Å². The molecule has 0 spiro atoms. The van der Waals surface area contributed by atoms with E-state index in [-0.39, 0.29) is 10.7 Å². The Kier molecular flexibility index (Phi) is 5.89. The number of benzene rings is 2. The normalized spacial score (nSPS) is 12.7. The van der Waals surface area contributed by atoms with Gasteiger partial charge in [0, 0.05) is 10.4 Å². The van der Waals surface area contributed by atoms with Crippen molar-refractivity contribution in [1.82, 2.24) is 4.72 Å². The summed E-state index contributed by atoms with van der Waals surface area (Å²) in [7, 11) is -3.80. The average molecular weight is 400 g/mol. The summed E-state index contributed by atoms with van der Waals surface area (Å²) in [6.07, 6.45) is 0.924. The summed E-state index contributed by atoms with van der Waals surface area (Å²) >= 11 is 1.50. The Morgan fingerprint density at radius 3 is 2.41 bits per heavy atom. The van der Waals surface area contributed by atoms with Crippen molar-refractivity contribution >= 4 is 27.1 Å². The summed E-state index contributed by atoms with van der Waals surface area (Å²) < 4.78 is 28.8. The Labute approximate surface area is 163 Å². The fraction of sp³-hybridized carbons (Fsp3) is 0.190. The summed E-state index contributed by atoms with van der Waals surface area (Å²) in [4.78, 5) is 12.6. The Hall–Kier alpha value is -2.28. The van der Waals surface area contributed by atoms with Gasteiger partial charge >= 0.3 is 0 Å². The maximum absolute atomic E-state index is 13.0. The summed E-state index contributed by atoms with van der Waals surface area (Å²) in [6.45, 7) is 3.50. The van der Waals surface area contributed by atoms with E-state index in [2.05, 4.69) is 11.6 Å². The van der Waals surface area contributed by atoms with Crippen LogP contribution in [-0.2, 0) is 16.4 Å². The molecular weight excluding hydrogens is 378 g/mol. The zero-order chi connectivity index (χ0) is 19.4. The molecular formula is C21H21NO3S2. The first-order valence-electron chi connectivity index (χ1n) is 8.66. The molecule has 0 aliphatic heterocycles. The van der Waals surface area contributed by atoms with Crippen LogP contribution in [0.3, 0.4) is 0 Å². The molecule has 1 aromatic heterocycles. The van der Waals surface area contributed by atoms with Crippen LogP contribution >= 0.6 is 11.3 Å². The molecule has 0 unspecified atom stereocenters. The third kappa shape index (κ3) is 4.53. The maximum atomic E-state index is 13.0. The molecule has 0 aliphatic carbocycles. The number of aryl methyl sites for hydroxylation is 1. The van der Waals surface area contributed by atoms with Crippen molar-refractivity contribution in [3.05, 3.63) is 87.6 Å². The van der Waals surface area contributed by atoms with E-state index in [1.165, 1.54) is 36.0 Å². The number of sulfonamides is 1. The van der Waals surface area contributed by atoms with Crippen molar-refractivity contribution in [3.8, 4) is 0 Å². The van der Waals surface area contributed by atoms with E-state index in [1.54, 1.807) is 12.1 Å². The second kappa shape index (κ2) is 8.17. The predicted octanol–water partition coefficient (Wildman–Crippen LogP) is 4.58. The van der Waals surface area contributed by atoms with Gasteiger partial charge in [0.2, 0.25) is 10.0 Å². The average Bonchev–Trinajstić information content (AvgIpc) is 3.21. The number of carbonyl (C=O) groups is 1. The molecule has 0 aliphatic rings. The molecule has 0 saturated heterocycles. The summed E-state index contributed by atoms with van der Waals surface area (Å²) in [5.74, 6) is -0.169. The number of hydrogen-bond acceptors (Lipinski definition) is 4. The van der Waals surface area contributed by atoms with Crippen LogP contribution < -0.4 is 4.72 Å². The molecule has 1 heterocycles. The highest BCUT2D eigenvalue weighted by Crippen LogP contribution is 2.28. The Morgan fingerprint density at radius 1 is 1.07 bits per heavy atom. The second-order valence-corrected chi connectivity index (χ2v) is 8.94. The number of nitrogens with one attached hydrogen (secondary N) is 1. The van der Waals surface area contributed by atoms with E-state index in [4.69, 9.17) is 0 Å². The van der Waals surface area contributed by atoms with Gasteiger partial charge < -0.3 is 0 Å². The van der Waals surface area contributed by atoms with E-state index < -0.39 is 16.1 Å². The van der Waals surface area contributed by atoms with Gasteiger partial charge in [0.05, 0.1) is 10.9 Å². The Balaban J connectivity index is 1.98. The Morgan fingerprint density at radius 2 is 1.81 bits per heavy atom. The van der Waals surface area contributed by atoms with Gasteiger partial charge in [-0.2, -0.15) is 4.72 Å².